The van der Waals surface area contributed by atoms with Gasteiger partial charge < -0.3 is 14.7 Å². The average Bonchev–Trinajstić information content (AvgIpc) is 3.63. The van der Waals surface area contributed by atoms with Crippen molar-refractivity contribution in [3.05, 3.63) is 112 Å². The van der Waals surface area contributed by atoms with Gasteiger partial charge in [-0.15, -0.1) is 11.3 Å². The number of hydrogen-bond donors (Lipinski definition) is 1. The zero-order valence-corrected chi connectivity index (χ0v) is 31.3. The van der Waals surface area contributed by atoms with Crippen LogP contribution in [0, 0.1) is 17.7 Å². The Hall–Kier alpha value is -5.22. The van der Waals surface area contributed by atoms with E-state index in [1.165, 1.54) is 22.3 Å². The van der Waals surface area contributed by atoms with Crippen LogP contribution in [0.1, 0.15) is 67.1 Å². The van der Waals surface area contributed by atoms with E-state index in [-0.39, 0.29) is 42.4 Å². The summed E-state index contributed by atoms with van der Waals surface area (Å²) in [7, 11) is 0. The van der Waals surface area contributed by atoms with Crippen LogP contribution in [0.4, 0.5) is 4.39 Å². The van der Waals surface area contributed by atoms with Crippen LogP contribution >= 0.6 is 11.3 Å². The van der Waals surface area contributed by atoms with Gasteiger partial charge in [-0.3, -0.25) is 14.4 Å². The number of carboxylic acids is 1. The highest BCUT2D eigenvalue weighted by molar-refractivity contribution is 7.14. The van der Waals surface area contributed by atoms with Crippen molar-refractivity contribution < 1.29 is 28.6 Å². The maximum absolute atomic E-state index is 15.3. The molecule has 2 aromatic heterocycles. The van der Waals surface area contributed by atoms with Gasteiger partial charge in [0.15, 0.2) is 11.6 Å². The molecule has 6 rings (SSSR count). The Morgan fingerprint density at radius 3 is 2.17 bits per heavy atom. The number of unbranched alkanes of at least 4 members (excludes halogenated alkanes) is 1. The molecule has 10 heteroatoms. The Bertz CT molecular complexity index is 2070. The van der Waals surface area contributed by atoms with Crippen molar-refractivity contribution >= 4 is 29.0 Å². The second-order valence-electron chi connectivity index (χ2n) is 14.6. The largest absolute Gasteiger partial charge is 0.494 e. The molecule has 3 aromatic carbocycles. The van der Waals surface area contributed by atoms with Crippen molar-refractivity contribution in [1.29, 1.82) is 0 Å². The fourth-order valence-corrected chi connectivity index (χ4v) is 7.24. The Labute approximate surface area is 313 Å². The molecule has 274 valence electrons. The SMILES string of the molecule is CCCCOc1ccc(-c2ccc(-c3cnc(-c4ccc(C[C@H](CC(=O)c5ccc(C(C)(C)C)s5)C(=O)N5CC(C(=O)O)C5)cc4)nc3)c(F)c2)cc1. The summed E-state index contributed by atoms with van der Waals surface area (Å²) >= 11 is 1.45. The quantitative estimate of drug-likeness (QED) is 0.0896. The molecule has 1 atom stereocenters. The second kappa shape index (κ2) is 16.2. The van der Waals surface area contributed by atoms with Crippen LogP contribution in [-0.2, 0) is 21.4 Å². The first-order chi connectivity index (χ1) is 25.4. The van der Waals surface area contributed by atoms with Crippen molar-refractivity contribution in [3.63, 3.8) is 0 Å². The summed E-state index contributed by atoms with van der Waals surface area (Å²) < 4.78 is 21.1. The Kier molecular flexibility index (Phi) is 11.5. The van der Waals surface area contributed by atoms with Crippen LogP contribution in [-0.4, -0.2) is 57.3 Å². The van der Waals surface area contributed by atoms with Crippen LogP contribution in [0.5, 0.6) is 5.75 Å². The van der Waals surface area contributed by atoms with E-state index in [9.17, 15) is 19.5 Å². The Balaban J connectivity index is 1.12. The predicted molar refractivity (Wildman–Crippen MR) is 206 cm³/mol. The number of amides is 1. The molecule has 0 aliphatic carbocycles. The molecule has 1 saturated heterocycles. The average molecular weight is 734 g/mol. The molecule has 0 unspecified atom stereocenters. The maximum Gasteiger partial charge on any atom is 0.310 e. The summed E-state index contributed by atoms with van der Waals surface area (Å²) in [5.41, 5.74) is 4.11. The van der Waals surface area contributed by atoms with Crippen LogP contribution in [0.25, 0.3) is 33.6 Å². The molecular formula is C43H44FN3O5S. The van der Waals surface area contributed by atoms with Gasteiger partial charge in [-0.2, -0.15) is 0 Å². The summed E-state index contributed by atoms with van der Waals surface area (Å²) in [6, 6.07) is 24.1. The number of nitrogens with zero attached hydrogens (tertiary/aromatic N) is 3. The number of Topliss-reactive ketones (excluding diaryl/α,β-unsaturated/α-hetero) is 1. The van der Waals surface area contributed by atoms with Gasteiger partial charge in [0.25, 0.3) is 0 Å². The van der Waals surface area contributed by atoms with Gasteiger partial charge in [0.2, 0.25) is 5.91 Å². The standard InChI is InChI=1S/C43H44FN3O5S/c1-5-6-19-52-34-14-11-28(12-15-34)30-13-16-35(36(44)21-30)32-23-45-40(46-24-32)29-9-7-27(8-10-29)20-31(41(49)47-25-33(26-47)42(50)51)22-37(48)38-17-18-39(53-38)43(2,3)4/h7-18,21,23-24,31,33H,5-6,19-20,22,25-26H2,1-4H3,(H,50,51)/t31-/m1/s1. The number of carbonyl (C=O) groups excluding carboxylic acids is 2. The molecule has 53 heavy (non-hydrogen) atoms. The first kappa shape index (κ1) is 37.5. The number of hydrogen-bond acceptors (Lipinski definition) is 7. The number of aliphatic carboxylic acids is 1. The van der Waals surface area contributed by atoms with E-state index in [1.807, 2.05) is 66.7 Å². The lowest BCUT2D eigenvalue weighted by atomic mass is 9.89. The van der Waals surface area contributed by atoms with Gasteiger partial charge in [0.1, 0.15) is 11.6 Å². The van der Waals surface area contributed by atoms with E-state index in [0.29, 0.717) is 34.9 Å². The van der Waals surface area contributed by atoms with Gasteiger partial charge in [-0.1, -0.05) is 82.6 Å². The topological polar surface area (TPSA) is 110 Å². The molecule has 1 amide bonds. The minimum absolute atomic E-state index is 0.0292. The molecule has 1 N–H and O–H groups in total. The summed E-state index contributed by atoms with van der Waals surface area (Å²) in [4.78, 5) is 50.6. The normalized spacial score (nSPS) is 13.7. The fraction of sp³-hybridized carbons (Fsp3) is 0.326. The molecule has 1 fully saturated rings. The van der Waals surface area contributed by atoms with Crippen molar-refractivity contribution in [2.75, 3.05) is 19.7 Å². The van der Waals surface area contributed by atoms with Crippen LogP contribution in [0.2, 0.25) is 0 Å². The van der Waals surface area contributed by atoms with Crippen molar-refractivity contribution in [3.8, 4) is 39.4 Å². The van der Waals surface area contributed by atoms with Gasteiger partial charge in [-0.25, -0.2) is 14.4 Å². The number of ether oxygens (including phenoxy) is 1. The molecule has 0 radical (unpaired) electrons. The summed E-state index contributed by atoms with van der Waals surface area (Å²) in [5.74, 6) is -1.57. The molecule has 8 nitrogen and oxygen atoms in total. The van der Waals surface area contributed by atoms with E-state index in [2.05, 4.69) is 37.7 Å². The number of rotatable bonds is 14. The van der Waals surface area contributed by atoms with Crippen LogP contribution in [0.3, 0.4) is 0 Å². The zero-order chi connectivity index (χ0) is 37.7. The van der Waals surface area contributed by atoms with Crippen molar-refractivity contribution in [2.45, 2.75) is 58.8 Å². The van der Waals surface area contributed by atoms with E-state index in [0.717, 1.165) is 45.7 Å². The van der Waals surface area contributed by atoms with Gasteiger partial charge >= 0.3 is 5.97 Å². The van der Waals surface area contributed by atoms with Crippen LogP contribution < -0.4 is 4.74 Å². The monoisotopic (exact) mass is 733 g/mol. The van der Waals surface area contributed by atoms with E-state index in [1.54, 1.807) is 18.5 Å². The third-order valence-electron chi connectivity index (χ3n) is 9.52. The molecule has 5 aromatic rings. The number of ketones is 1. The third-order valence-corrected chi connectivity index (χ3v) is 11.1. The third kappa shape index (κ3) is 9.06. The van der Waals surface area contributed by atoms with E-state index in [4.69, 9.17) is 4.74 Å². The number of carbonyl (C=O) groups is 3. The van der Waals surface area contributed by atoms with E-state index < -0.39 is 17.8 Å². The maximum atomic E-state index is 15.3. The lowest BCUT2D eigenvalue weighted by Crippen LogP contribution is -2.55. The number of halogens is 1. The molecule has 0 spiro atoms. The van der Waals surface area contributed by atoms with Gasteiger partial charge in [-0.05, 0) is 65.3 Å². The van der Waals surface area contributed by atoms with Gasteiger partial charge in [0.05, 0.1) is 17.4 Å². The molecular weight excluding hydrogens is 690 g/mol. The summed E-state index contributed by atoms with van der Waals surface area (Å²) in [6.45, 7) is 9.36. The lowest BCUT2D eigenvalue weighted by Gasteiger charge is -2.38. The second-order valence-corrected chi connectivity index (χ2v) is 15.7. The Morgan fingerprint density at radius 2 is 1.57 bits per heavy atom. The zero-order valence-electron chi connectivity index (χ0n) is 30.5. The van der Waals surface area contributed by atoms with Crippen LogP contribution in [0.15, 0.2) is 91.3 Å². The minimum atomic E-state index is -0.922. The molecule has 1 aliphatic heterocycles. The van der Waals surface area contributed by atoms with Gasteiger partial charge in [0, 0.05) is 59.4 Å². The number of aromatic nitrogens is 2. The number of carboxylic acid groups (broad SMARTS) is 1. The highest BCUT2D eigenvalue weighted by atomic mass is 32.1. The summed E-state index contributed by atoms with van der Waals surface area (Å²) in [5, 5.41) is 9.33. The Morgan fingerprint density at radius 1 is 0.906 bits per heavy atom. The molecule has 3 heterocycles. The molecule has 1 aliphatic rings. The summed E-state index contributed by atoms with van der Waals surface area (Å²) in [6.07, 6.45) is 5.61. The van der Waals surface area contributed by atoms with E-state index >= 15 is 4.39 Å². The molecule has 0 saturated carbocycles. The van der Waals surface area contributed by atoms with Crippen molar-refractivity contribution in [1.82, 2.24) is 14.9 Å². The number of likely N-dealkylation sites (tertiary alicyclic amines) is 1. The number of benzene rings is 3. The highest BCUT2D eigenvalue weighted by Crippen LogP contribution is 2.33. The highest BCUT2D eigenvalue weighted by Gasteiger charge is 2.39. The number of thiophene rings is 1. The first-order valence-corrected chi connectivity index (χ1v) is 18.8. The minimum Gasteiger partial charge on any atom is -0.494 e. The molecule has 0 bridgehead atoms. The van der Waals surface area contributed by atoms with Crippen molar-refractivity contribution in [2.24, 2.45) is 11.8 Å². The fourth-order valence-electron chi connectivity index (χ4n) is 6.23. The smallest absolute Gasteiger partial charge is 0.310 e. The first-order valence-electron chi connectivity index (χ1n) is 18.0. The lowest BCUT2D eigenvalue weighted by molar-refractivity contribution is -0.154. The predicted octanol–water partition coefficient (Wildman–Crippen LogP) is 9.13.